The van der Waals surface area contributed by atoms with Crippen molar-refractivity contribution < 1.29 is 30.8 Å². The van der Waals surface area contributed by atoms with Crippen LogP contribution in [0.2, 0.25) is 0 Å². The van der Waals surface area contributed by atoms with Crippen LogP contribution < -0.4 is 4.74 Å². The highest BCUT2D eigenvalue weighted by Crippen LogP contribution is 2.37. The second-order valence-electron chi connectivity index (χ2n) is 7.08. The summed E-state index contributed by atoms with van der Waals surface area (Å²) in [4.78, 5) is 3.38. The molecule has 0 spiro atoms. The van der Waals surface area contributed by atoms with E-state index in [-0.39, 0.29) is 23.1 Å². The van der Waals surface area contributed by atoms with Crippen LogP contribution in [0.1, 0.15) is 5.56 Å². The number of benzene rings is 2. The molecule has 1 aliphatic rings. The number of aliphatic imine (C=N–C) groups is 1. The number of methoxy groups -OCH3 is 1. The fourth-order valence-electron chi connectivity index (χ4n) is 3.16. The van der Waals surface area contributed by atoms with E-state index in [0.717, 1.165) is 5.56 Å². The first-order valence-corrected chi connectivity index (χ1v) is 12.7. The normalized spacial score (nSPS) is 14.1. The number of rotatable bonds is 7. The van der Waals surface area contributed by atoms with Crippen molar-refractivity contribution in [1.82, 2.24) is 5.16 Å². The minimum atomic E-state index is -4.30. The maximum Gasteiger partial charge on any atom is 0.270 e. The van der Waals surface area contributed by atoms with Crippen molar-refractivity contribution in [3.05, 3.63) is 54.1 Å². The second kappa shape index (κ2) is 8.40. The molecule has 1 aromatic heterocycles. The summed E-state index contributed by atoms with van der Waals surface area (Å²) in [6.45, 7) is 2.43. The van der Waals surface area contributed by atoms with E-state index in [4.69, 9.17) is 14.0 Å². The van der Waals surface area contributed by atoms with E-state index in [1.165, 1.54) is 19.2 Å². The summed E-state index contributed by atoms with van der Waals surface area (Å²) in [6, 6.07) is 12.5. The zero-order valence-electron chi connectivity index (χ0n) is 17.3. The maximum atomic E-state index is 13.6. The lowest BCUT2D eigenvalue weighted by atomic mass is 10.1. The molecule has 0 atom stereocenters. The molecule has 2 aromatic carbocycles. The third-order valence-electron chi connectivity index (χ3n) is 4.83. The van der Waals surface area contributed by atoms with E-state index < -0.39 is 35.4 Å². The Hall–Kier alpha value is -3.18. The summed E-state index contributed by atoms with van der Waals surface area (Å²) in [5.74, 6) is -0.0729. The van der Waals surface area contributed by atoms with Gasteiger partial charge in [0.2, 0.25) is 19.7 Å². The van der Waals surface area contributed by atoms with E-state index in [9.17, 15) is 16.8 Å². The van der Waals surface area contributed by atoms with Crippen LogP contribution in [-0.2, 0) is 24.4 Å². The number of nitrogens with zero attached hydrogens (tertiary/aromatic N) is 2. The first-order valence-electron chi connectivity index (χ1n) is 9.57. The zero-order valence-corrected chi connectivity index (χ0v) is 18.9. The molecule has 0 N–H and O–H groups in total. The van der Waals surface area contributed by atoms with Crippen molar-refractivity contribution >= 4 is 25.6 Å². The minimum absolute atomic E-state index is 0.00563. The van der Waals surface area contributed by atoms with Gasteiger partial charge in [-0.05, 0) is 43.3 Å². The van der Waals surface area contributed by atoms with Crippen LogP contribution in [0.3, 0.4) is 0 Å². The first-order chi connectivity index (χ1) is 15.2. The minimum Gasteiger partial charge on any atom is -0.497 e. The van der Waals surface area contributed by atoms with Crippen LogP contribution in [0.15, 0.2) is 72.9 Å². The Morgan fingerprint density at radius 1 is 1.00 bits per heavy atom. The Kier molecular flexibility index (Phi) is 5.78. The summed E-state index contributed by atoms with van der Waals surface area (Å²) >= 11 is 0. The largest absolute Gasteiger partial charge is 0.497 e. The van der Waals surface area contributed by atoms with Gasteiger partial charge in [0.05, 0.1) is 18.6 Å². The van der Waals surface area contributed by atoms with Gasteiger partial charge in [-0.2, -0.15) is 0 Å². The van der Waals surface area contributed by atoms with E-state index in [1.54, 1.807) is 36.4 Å². The molecular weight excluding hydrogens is 456 g/mol. The molecular formula is C21H20N2O7S2. The molecule has 0 saturated heterocycles. The van der Waals surface area contributed by atoms with Crippen molar-refractivity contribution in [2.24, 2.45) is 4.99 Å². The maximum absolute atomic E-state index is 13.6. The fraction of sp³-hybridized carbons (Fsp3) is 0.238. The smallest absolute Gasteiger partial charge is 0.270 e. The molecule has 2 heterocycles. The molecule has 0 bridgehead atoms. The predicted molar refractivity (Wildman–Crippen MR) is 115 cm³/mol. The average Bonchev–Trinajstić information content (AvgIpc) is 3.44. The number of hydrogen-bond acceptors (Lipinski definition) is 9. The molecule has 0 aliphatic carbocycles. The van der Waals surface area contributed by atoms with Crippen molar-refractivity contribution in [2.45, 2.75) is 21.8 Å². The number of hydrogen-bond donors (Lipinski definition) is 0. The van der Waals surface area contributed by atoms with Gasteiger partial charge >= 0.3 is 0 Å². The van der Waals surface area contributed by atoms with Crippen molar-refractivity contribution in [1.29, 1.82) is 0 Å². The molecule has 3 aromatic rings. The highest BCUT2D eigenvalue weighted by atomic mass is 32.2. The molecule has 168 valence electrons. The molecule has 1 aliphatic heterocycles. The summed E-state index contributed by atoms with van der Waals surface area (Å²) in [7, 11) is -7.07. The Bertz CT molecular complexity index is 1370. The van der Waals surface area contributed by atoms with Crippen LogP contribution in [-0.4, -0.2) is 53.9 Å². The number of ether oxygens (including phenoxy) is 2. The standard InChI is InChI=1S/C21H20N2O7S2/c1-14-3-9-17(10-4-14)32(26,27)20-19(15-5-7-16(28-2)8-6-15)23-30-21(20)31(24,25)13-18-22-11-12-29-18/h3-10H,11-13H2,1-2H3. The van der Waals surface area contributed by atoms with Gasteiger partial charge in [0, 0.05) is 5.56 Å². The Balaban J connectivity index is 1.91. The van der Waals surface area contributed by atoms with Gasteiger partial charge in [-0.25, -0.2) is 16.8 Å². The first kappa shape index (κ1) is 22.0. The molecule has 11 heteroatoms. The lowest BCUT2D eigenvalue weighted by Gasteiger charge is -2.08. The molecule has 0 fully saturated rings. The SMILES string of the molecule is COc1ccc(-c2noc(S(=O)(=O)CC3=NCCO3)c2S(=O)(=O)c2ccc(C)cc2)cc1. The van der Waals surface area contributed by atoms with Gasteiger partial charge < -0.3 is 14.0 Å². The molecule has 9 nitrogen and oxygen atoms in total. The van der Waals surface area contributed by atoms with Crippen LogP contribution >= 0.6 is 0 Å². The Labute approximate surface area is 185 Å². The molecule has 0 unspecified atom stereocenters. The predicted octanol–water partition coefficient (Wildman–Crippen LogP) is 2.69. The second-order valence-corrected chi connectivity index (χ2v) is 10.9. The highest BCUT2D eigenvalue weighted by molar-refractivity contribution is 7.94. The third-order valence-corrected chi connectivity index (χ3v) is 8.24. The molecule has 0 amide bonds. The lowest BCUT2D eigenvalue weighted by molar-refractivity contribution is 0.331. The zero-order chi connectivity index (χ0) is 22.9. The summed E-state index contributed by atoms with van der Waals surface area (Å²) in [5, 5.41) is 3.09. The van der Waals surface area contributed by atoms with Crippen molar-refractivity contribution in [3.8, 4) is 17.0 Å². The van der Waals surface area contributed by atoms with Gasteiger partial charge in [0.1, 0.15) is 23.8 Å². The van der Waals surface area contributed by atoms with Gasteiger partial charge in [-0.1, -0.05) is 22.9 Å². The molecule has 32 heavy (non-hydrogen) atoms. The van der Waals surface area contributed by atoms with Gasteiger partial charge in [-0.3, -0.25) is 4.99 Å². The third kappa shape index (κ3) is 4.13. The monoisotopic (exact) mass is 476 g/mol. The summed E-state index contributed by atoms with van der Waals surface area (Å²) < 4.78 is 68.9. The van der Waals surface area contributed by atoms with Crippen LogP contribution in [0.4, 0.5) is 0 Å². The van der Waals surface area contributed by atoms with E-state index in [2.05, 4.69) is 10.1 Å². The van der Waals surface area contributed by atoms with Crippen LogP contribution in [0.25, 0.3) is 11.3 Å². The summed E-state index contributed by atoms with van der Waals surface area (Å²) in [6.07, 6.45) is 0. The molecule has 4 rings (SSSR count). The van der Waals surface area contributed by atoms with Gasteiger partial charge in [0.25, 0.3) is 5.09 Å². The highest BCUT2D eigenvalue weighted by Gasteiger charge is 2.38. The van der Waals surface area contributed by atoms with Crippen molar-refractivity contribution in [3.63, 3.8) is 0 Å². The topological polar surface area (TPSA) is 125 Å². The quantitative estimate of drug-likeness (QED) is 0.510. The lowest BCUT2D eigenvalue weighted by Crippen LogP contribution is -2.18. The summed E-state index contributed by atoms with van der Waals surface area (Å²) in [5.41, 5.74) is 1.10. The fourth-order valence-corrected chi connectivity index (χ4v) is 6.43. The van der Waals surface area contributed by atoms with Crippen LogP contribution in [0.5, 0.6) is 5.75 Å². The molecule has 0 saturated carbocycles. The van der Waals surface area contributed by atoms with Gasteiger partial charge in [0.15, 0.2) is 10.8 Å². The molecule has 0 radical (unpaired) electrons. The number of aromatic nitrogens is 1. The Morgan fingerprint density at radius 2 is 1.69 bits per heavy atom. The number of aryl methyl sites for hydroxylation is 1. The van der Waals surface area contributed by atoms with Crippen molar-refractivity contribution in [2.75, 3.05) is 26.0 Å². The average molecular weight is 477 g/mol. The van der Waals surface area contributed by atoms with E-state index >= 15 is 0 Å². The Morgan fingerprint density at radius 3 is 2.28 bits per heavy atom. The van der Waals surface area contributed by atoms with Gasteiger partial charge in [-0.15, -0.1) is 0 Å². The number of sulfone groups is 2. The van der Waals surface area contributed by atoms with E-state index in [1.807, 2.05) is 6.92 Å². The van der Waals surface area contributed by atoms with E-state index in [0.29, 0.717) is 17.9 Å². The van der Waals surface area contributed by atoms with Crippen LogP contribution in [0, 0.1) is 6.92 Å².